The topological polar surface area (TPSA) is 63.2 Å². The van der Waals surface area contributed by atoms with E-state index < -0.39 is 0 Å². The minimum atomic E-state index is -0.0228. The summed E-state index contributed by atoms with van der Waals surface area (Å²) in [6.07, 6.45) is 2.02. The molecule has 5 heteroatoms. The van der Waals surface area contributed by atoms with Gasteiger partial charge in [-0.2, -0.15) is 0 Å². The van der Waals surface area contributed by atoms with Gasteiger partial charge in [0.05, 0.1) is 19.0 Å². The van der Waals surface area contributed by atoms with Crippen molar-refractivity contribution < 1.29 is 9.53 Å². The SMILES string of the molecule is CCNC(C)CC(=O)Nc1ccc(OC)nc1. The number of aromatic nitrogens is 1. The van der Waals surface area contributed by atoms with Crippen molar-refractivity contribution in [3.05, 3.63) is 18.3 Å². The Hall–Kier alpha value is -1.62. The second kappa shape index (κ2) is 6.85. The van der Waals surface area contributed by atoms with Crippen LogP contribution in [0.25, 0.3) is 0 Å². The third kappa shape index (κ3) is 4.82. The molecule has 2 N–H and O–H groups in total. The molecule has 0 spiro atoms. The highest BCUT2D eigenvalue weighted by molar-refractivity contribution is 5.90. The number of rotatable bonds is 6. The van der Waals surface area contributed by atoms with E-state index in [0.29, 0.717) is 18.0 Å². The van der Waals surface area contributed by atoms with Crippen LogP contribution in [0, 0.1) is 0 Å². The average molecular weight is 237 g/mol. The van der Waals surface area contributed by atoms with E-state index in [0.717, 1.165) is 6.54 Å². The van der Waals surface area contributed by atoms with E-state index in [1.165, 1.54) is 0 Å². The lowest BCUT2D eigenvalue weighted by molar-refractivity contribution is -0.116. The van der Waals surface area contributed by atoms with Crippen molar-refractivity contribution in [1.29, 1.82) is 0 Å². The largest absolute Gasteiger partial charge is 0.481 e. The first kappa shape index (κ1) is 13.4. The van der Waals surface area contributed by atoms with E-state index in [1.807, 2.05) is 13.8 Å². The molecule has 1 rings (SSSR count). The van der Waals surface area contributed by atoms with Crippen molar-refractivity contribution in [2.75, 3.05) is 19.0 Å². The van der Waals surface area contributed by atoms with Crippen molar-refractivity contribution >= 4 is 11.6 Å². The van der Waals surface area contributed by atoms with E-state index in [9.17, 15) is 4.79 Å². The summed E-state index contributed by atoms with van der Waals surface area (Å²) in [6, 6.07) is 3.65. The van der Waals surface area contributed by atoms with Crippen LogP contribution in [0.1, 0.15) is 20.3 Å². The number of carbonyl (C=O) groups excluding carboxylic acids is 1. The number of anilines is 1. The van der Waals surface area contributed by atoms with Gasteiger partial charge in [0.1, 0.15) is 0 Å². The molecule has 5 nitrogen and oxygen atoms in total. The van der Waals surface area contributed by atoms with Crippen molar-refractivity contribution in [1.82, 2.24) is 10.3 Å². The van der Waals surface area contributed by atoms with Gasteiger partial charge in [-0.15, -0.1) is 0 Å². The van der Waals surface area contributed by atoms with Crippen molar-refractivity contribution in [2.45, 2.75) is 26.3 Å². The van der Waals surface area contributed by atoms with Gasteiger partial charge in [0, 0.05) is 18.5 Å². The van der Waals surface area contributed by atoms with Gasteiger partial charge in [-0.25, -0.2) is 4.98 Å². The fourth-order valence-electron chi connectivity index (χ4n) is 1.49. The minimum Gasteiger partial charge on any atom is -0.481 e. The van der Waals surface area contributed by atoms with Gasteiger partial charge in [-0.05, 0) is 19.5 Å². The Kier molecular flexibility index (Phi) is 5.42. The molecule has 0 fully saturated rings. The summed E-state index contributed by atoms with van der Waals surface area (Å²) >= 11 is 0. The number of hydrogen-bond acceptors (Lipinski definition) is 4. The molecule has 1 heterocycles. The highest BCUT2D eigenvalue weighted by atomic mass is 16.5. The lowest BCUT2D eigenvalue weighted by Crippen LogP contribution is -2.30. The fraction of sp³-hybridized carbons (Fsp3) is 0.500. The Balaban J connectivity index is 2.44. The van der Waals surface area contributed by atoms with Gasteiger partial charge in [-0.3, -0.25) is 4.79 Å². The number of nitrogens with zero attached hydrogens (tertiary/aromatic N) is 1. The molecule has 0 radical (unpaired) electrons. The van der Waals surface area contributed by atoms with Crippen LogP contribution in [0.3, 0.4) is 0 Å². The Bertz CT molecular complexity index is 351. The van der Waals surface area contributed by atoms with Crippen molar-refractivity contribution in [2.24, 2.45) is 0 Å². The average Bonchev–Trinajstić information content (AvgIpc) is 2.30. The predicted molar refractivity (Wildman–Crippen MR) is 67.2 cm³/mol. The molecule has 1 unspecified atom stereocenters. The first-order valence-corrected chi connectivity index (χ1v) is 5.69. The van der Waals surface area contributed by atoms with Crippen LogP contribution in [0.2, 0.25) is 0 Å². The maximum absolute atomic E-state index is 11.6. The summed E-state index contributed by atoms with van der Waals surface area (Å²) in [4.78, 5) is 15.7. The predicted octanol–water partition coefficient (Wildman–Crippen LogP) is 1.42. The second-order valence-corrected chi connectivity index (χ2v) is 3.80. The lowest BCUT2D eigenvalue weighted by Gasteiger charge is -2.12. The maximum Gasteiger partial charge on any atom is 0.225 e. The van der Waals surface area contributed by atoms with Crippen LogP contribution >= 0.6 is 0 Å². The number of ether oxygens (including phenoxy) is 1. The number of amides is 1. The van der Waals surface area contributed by atoms with Crippen LogP contribution in [0.5, 0.6) is 5.88 Å². The molecular formula is C12H19N3O2. The number of carbonyl (C=O) groups is 1. The lowest BCUT2D eigenvalue weighted by atomic mass is 10.2. The van der Waals surface area contributed by atoms with Gasteiger partial charge in [0.25, 0.3) is 0 Å². The molecule has 0 saturated carbocycles. The fourth-order valence-corrected chi connectivity index (χ4v) is 1.49. The van der Waals surface area contributed by atoms with Crippen LogP contribution in [0.15, 0.2) is 18.3 Å². The Labute approximate surface area is 102 Å². The number of methoxy groups -OCH3 is 1. The number of pyridine rings is 1. The zero-order chi connectivity index (χ0) is 12.7. The molecule has 0 aromatic carbocycles. The van der Waals surface area contributed by atoms with Gasteiger partial charge in [0.15, 0.2) is 0 Å². The highest BCUT2D eigenvalue weighted by Crippen LogP contribution is 2.11. The summed E-state index contributed by atoms with van der Waals surface area (Å²) in [5.41, 5.74) is 0.680. The molecule has 1 atom stereocenters. The summed E-state index contributed by atoms with van der Waals surface area (Å²) in [6.45, 7) is 4.86. The quantitative estimate of drug-likeness (QED) is 0.785. The van der Waals surface area contributed by atoms with Crippen molar-refractivity contribution in [3.63, 3.8) is 0 Å². The number of hydrogen-bond donors (Lipinski definition) is 2. The highest BCUT2D eigenvalue weighted by Gasteiger charge is 2.08. The summed E-state index contributed by atoms with van der Waals surface area (Å²) in [5.74, 6) is 0.509. The van der Waals surface area contributed by atoms with E-state index in [4.69, 9.17) is 4.74 Å². The molecule has 0 aliphatic carbocycles. The standard InChI is InChI=1S/C12H19N3O2/c1-4-13-9(2)7-11(16)15-10-5-6-12(17-3)14-8-10/h5-6,8-9,13H,4,7H2,1-3H3,(H,15,16). The Morgan fingerprint density at radius 3 is 2.82 bits per heavy atom. The molecule has 1 aromatic heterocycles. The van der Waals surface area contributed by atoms with Crippen molar-refractivity contribution in [3.8, 4) is 5.88 Å². The zero-order valence-electron chi connectivity index (χ0n) is 10.5. The molecular weight excluding hydrogens is 218 g/mol. The number of nitrogens with one attached hydrogen (secondary N) is 2. The molecule has 0 aliphatic rings. The van der Waals surface area contributed by atoms with Gasteiger partial charge >= 0.3 is 0 Å². The molecule has 0 saturated heterocycles. The normalized spacial score (nSPS) is 11.9. The third-order valence-corrected chi connectivity index (χ3v) is 2.27. The first-order chi connectivity index (χ1) is 8.15. The zero-order valence-corrected chi connectivity index (χ0v) is 10.5. The van der Waals surface area contributed by atoms with E-state index in [2.05, 4.69) is 15.6 Å². The van der Waals surface area contributed by atoms with Crippen LogP contribution < -0.4 is 15.4 Å². The molecule has 1 amide bonds. The van der Waals surface area contributed by atoms with Gasteiger partial charge < -0.3 is 15.4 Å². The van der Waals surface area contributed by atoms with E-state index in [-0.39, 0.29) is 11.9 Å². The third-order valence-electron chi connectivity index (χ3n) is 2.27. The summed E-state index contributed by atoms with van der Waals surface area (Å²) < 4.78 is 4.94. The molecule has 1 aromatic rings. The first-order valence-electron chi connectivity index (χ1n) is 5.69. The van der Waals surface area contributed by atoms with Gasteiger partial charge in [-0.1, -0.05) is 6.92 Å². The molecule has 0 aliphatic heterocycles. The molecule has 17 heavy (non-hydrogen) atoms. The second-order valence-electron chi connectivity index (χ2n) is 3.80. The summed E-state index contributed by atoms with van der Waals surface area (Å²) in [5, 5.41) is 5.97. The molecule has 94 valence electrons. The maximum atomic E-state index is 11.6. The van der Waals surface area contributed by atoms with Crippen LogP contribution in [-0.4, -0.2) is 30.6 Å². The smallest absolute Gasteiger partial charge is 0.225 e. The minimum absolute atomic E-state index is 0.0228. The Morgan fingerprint density at radius 2 is 2.29 bits per heavy atom. The van der Waals surface area contributed by atoms with E-state index >= 15 is 0 Å². The monoisotopic (exact) mass is 237 g/mol. The van der Waals surface area contributed by atoms with E-state index in [1.54, 1.807) is 25.4 Å². The van der Waals surface area contributed by atoms with Crippen LogP contribution in [-0.2, 0) is 4.79 Å². The Morgan fingerprint density at radius 1 is 1.53 bits per heavy atom. The van der Waals surface area contributed by atoms with Crippen LogP contribution in [0.4, 0.5) is 5.69 Å². The summed E-state index contributed by atoms with van der Waals surface area (Å²) in [7, 11) is 1.55. The molecule has 0 bridgehead atoms. The van der Waals surface area contributed by atoms with Gasteiger partial charge in [0.2, 0.25) is 11.8 Å².